The van der Waals surface area contributed by atoms with Gasteiger partial charge in [0.25, 0.3) is 0 Å². The molecule has 0 radical (unpaired) electrons. The van der Waals surface area contributed by atoms with Gasteiger partial charge in [0.15, 0.2) is 0 Å². The summed E-state index contributed by atoms with van der Waals surface area (Å²) in [5.41, 5.74) is 1.06. The molecule has 2 N–H and O–H groups in total. The van der Waals surface area contributed by atoms with E-state index < -0.39 is 0 Å². The van der Waals surface area contributed by atoms with Crippen molar-refractivity contribution < 1.29 is 19.1 Å². The maximum absolute atomic E-state index is 8.00. The molecule has 0 bridgehead atoms. The fourth-order valence-electron chi connectivity index (χ4n) is 1.89. The summed E-state index contributed by atoms with van der Waals surface area (Å²) < 4.78 is 11.2. The van der Waals surface area contributed by atoms with Gasteiger partial charge in [-0.3, -0.25) is 0 Å². The number of benzene rings is 2. The third-order valence-electron chi connectivity index (χ3n) is 3.13. The lowest BCUT2D eigenvalue weighted by Gasteiger charge is -2.10. The number of rotatable bonds is 9. The predicted molar refractivity (Wildman–Crippen MR) is 133 cm³/mol. The molecule has 0 aromatic heterocycles. The van der Waals surface area contributed by atoms with E-state index in [-0.39, 0.29) is 0 Å². The smallest absolute Gasteiger partial charge is 0.120 e. The Morgan fingerprint density at radius 3 is 1.65 bits per heavy atom. The molecule has 0 unspecified atom stereocenters. The van der Waals surface area contributed by atoms with Crippen molar-refractivity contribution in [2.24, 2.45) is 0 Å². The maximum Gasteiger partial charge on any atom is 0.120 e. The zero-order valence-corrected chi connectivity index (χ0v) is 20.7. The molecule has 0 aliphatic heterocycles. The van der Waals surface area contributed by atoms with E-state index in [2.05, 4.69) is 10.6 Å². The van der Waals surface area contributed by atoms with Crippen LogP contribution in [-0.2, 0) is 9.59 Å². The summed E-state index contributed by atoms with van der Waals surface area (Å²) in [5, 5.41) is 7.34. The predicted octanol–water partition coefficient (Wildman–Crippen LogP) is 5.77. The number of carbonyl (C=O) groups excluding carboxylic acids is 2. The summed E-state index contributed by atoms with van der Waals surface area (Å²) >= 11 is 11.8. The number of anilines is 1. The van der Waals surface area contributed by atoms with Crippen LogP contribution >= 0.6 is 23.2 Å². The first kappa shape index (κ1) is 33.4. The number of hydrogen-bond donors (Lipinski definition) is 2. The highest BCUT2D eigenvalue weighted by Gasteiger charge is 2.00. The molecule has 0 saturated heterocycles. The molecular weight excluding hydrogens is 439 g/mol. The van der Waals surface area contributed by atoms with Crippen LogP contribution in [-0.4, -0.2) is 46.9 Å². The Kier molecular flexibility index (Phi) is 27.7. The van der Waals surface area contributed by atoms with Crippen molar-refractivity contribution in [3.63, 3.8) is 0 Å². The van der Waals surface area contributed by atoms with Crippen LogP contribution in [0.5, 0.6) is 11.5 Å². The maximum atomic E-state index is 8.00. The molecule has 0 heterocycles. The molecule has 2 aromatic rings. The number of carbonyl (C=O) groups is 2. The minimum atomic E-state index is 0.495. The summed E-state index contributed by atoms with van der Waals surface area (Å²) in [6, 6.07) is 13.1. The van der Waals surface area contributed by atoms with E-state index in [1.165, 1.54) is 0 Å². The molecule has 0 aliphatic rings. The van der Waals surface area contributed by atoms with Crippen LogP contribution in [0.4, 0.5) is 5.69 Å². The van der Waals surface area contributed by atoms with E-state index in [4.69, 9.17) is 42.3 Å². The number of nitrogens with one attached hydrogen (secondary N) is 2. The van der Waals surface area contributed by atoms with Gasteiger partial charge in [-0.15, -0.1) is 0 Å². The summed E-state index contributed by atoms with van der Waals surface area (Å²) in [6.07, 6.45) is 0. The lowest BCUT2D eigenvalue weighted by Crippen LogP contribution is -2.25. The molecule has 8 heteroatoms. The van der Waals surface area contributed by atoms with Gasteiger partial charge in [-0.05, 0) is 36.4 Å². The Morgan fingerprint density at radius 2 is 1.19 bits per heavy atom. The molecule has 0 amide bonds. The first-order valence-corrected chi connectivity index (χ1v) is 10.7. The molecule has 176 valence electrons. The Labute approximate surface area is 197 Å². The normalized spacial score (nSPS) is 8.35. The van der Waals surface area contributed by atoms with Gasteiger partial charge in [0.2, 0.25) is 0 Å². The van der Waals surface area contributed by atoms with E-state index >= 15 is 0 Å². The van der Waals surface area contributed by atoms with Crippen LogP contribution in [0.3, 0.4) is 0 Å². The fourth-order valence-corrected chi connectivity index (χ4v) is 2.18. The summed E-state index contributed by atoms with van der Waals surface area (Å²) in [6.45, 7) is 14.6. The molecule has 2 aromatic carbocycles. The molecule has 0 atom stereocenters. The summed E-state index contributed by atoms with van der Waals surface area (Å²) in [4.78, 5) is 16.0. The first-order valence-electron chi connectivity index (χ1n) is 9.96. The largest absolute Gasteiger partial charge is 0.492 e. The van der Waals surface area contributed by atoms with Crippen molar-refractivity contribution in [1.29, 1.82) is 0 Å². The van der Waals surface area contributed by atoms with E-state index in [1.807, 2.05) is 72.6 Å². The van der Waals surface area contributed by atoms with Crippen molar-refractivity contribution in [3.05, 3.63) is 52.5 Å². The quantitative estimate of drug-likeness (QED) is 0.449. The van der Waals surface area contributed by atoms with Gasteiger partial charge in [0.1, 0.15) is 38.3 Å². The molecular formula is C23H36Cl2N2O4. The van der Waals surface area contributed by atoms with Crippen LogP contribution < -0.4 is 20.1 Å². The minimum absolute atomic E-state index is 0.495. The van der Waals surface area contributed by atoms with Gasteiger partial charge < -0.3 is 29.7 Å². The fraction of sp³-hybridized carbons (Fsp3) is 0.391. The topological polar surface area (TPSA) is 76.7 Å². The van der Waals surface area contributed by atoms with Gasteiger partial charge >= 0.3 is 0 Å². The lowest BCUT2D eigenvalue weighted by atomic mass is 10.3. The minimum Gasteiger partial charge on any atom is -0.492 e. The van der Waals surface area contributed by atoms with Crippen LogP contribution in [0.15, 0.2) is 42.5 Å². The molecule has 2 rings (SSSR count). The molecule has 6 nitrogen and oxygen atoms in total. The Balaban J connectivity index is -0.000000879. The lowest BCUT2D eigenvalue weighted by molar-refractivity contribution is -0.0987. The van der Waals surface area contributed by atoms with Gasteiger partial charge in [-0.1, -0.05) is 50.9 Å². The third kappa shape index (κ3) is 17.1. The van der Waals surface area contributed by atoms with Crippen molar-refractivity contribution in [3.8, 4) is 11.5 Å². The zero-order chi connectivity index (χ0) is 24.5. The molecule has 0 saturated carbocycles. The van der Waals surface area contributed by atoms with E-state index in [1.54, 1.807) is 18.2 Å². The highest BCUT2D eigenvalue weighted by atomic mass is 35.5. The monoisotopic (exact) mass is 474 g/mol. The number of ether oxygens (including phenoxy) is 2. The van der Waals surface area contributed by atoms with Crippen molar-refractivity contribution >= 4 is 42.5 Å². The molecule has 31 heavy (non-hydrogen) atoms. The Bertz CT molecular complexity index is 642. The van der Waals surface area contributed by atoms with E-state index in [9.17, 15) is 0 Å². The SMILES string of the molecule is C=O.C=O.CC.CC.CNc1ccc(OCCNCCOc2ccc(Cl)c(Cl)c2)cc1. The van der Waals surface area contributed by atoms with Crippen molar-refractivity contribution in [2.75, 3.05) is 38.7 Å². The van der Waals surface area contributed by atoms with Gasteiger partial charge in [-0.25, -0.2) is 0 Å². The zero-order valence-electron chi connectivity index (χ0n) is 19.2. The second-order valence-electron chi connectivity index (χ2n) is 4.80. The van der Waals surface area contributed by atoms with Crippen LogP contribution in [0.25, 0.3) is 0 Å². The number of halogens is 2. The van der Waals surface area contributed by atoms with Crippen LogP contribution in [0.1, 0.15) is 27.7 Å². The van der Waals surface area contributed by atoms with Gasteiger partial charge in [0, 0.05) is 31.9 Å². The third-order valence-corrected chi connectivity index (χ3v) is 3.87. The molecule has 0 fully saturated rings. The van der Waals surface area contributed by atoms with E-state index in [0.29, 0.717) is 29.0 Å². The van der Waals surface area contributed by atoms with Crippen LogP contribution in [0.2, 0.25) is 10.0 Å². The average Bonchev–Trinajstić information content (AvgIpc) is 2.86. The van der Waals surface area contributed by atoms with Crippen molar-refractivity contribution in [1.82, 2.24) is 5.32 Å². The van der Waals surface area contributed by atoms with E-state index in [0.717, 1.165) is 24.5 Å². The second kappa shape index (κ2) is 25.8. The Hall–Kier alpha value is -2.28. The number of hydrogen-bond acceptors (Lipinski definition) is 6. The second-order valence-corrected chi connectivity index (χ2v) is 5.61. The highest BCUT2D eigenvalue weighted by molar-refractivity contribution is 6.42. The average molecular weight is 475 g/mol. The van der Waals surface area contributed by atoms with Gasteiger partial charge in [-0.2, -0.15) is 0 Å². The summed E-state index contributed by atoms with van der Waals surface area (Å²) in [5.74, 6) is 1.57. The highest BCUT2D eigenvalue weighted by Crippen LogP contribution is 2.26. The van der Waals surface area contributed by atoms with Crippen molar-refractivity contribution in [2.45, 2.75) is 27.7 Å². The Morgan fingerprint density at radius 1 is 0.742 bits per heavy atom. The summed E-state index contributed by atoms with van der Waals surface area (Å²) in [7, 11) is 1.89. The molecule has 0 aliphatic carbocycles. The standard InChI is InChI=1S/C17H20Cl2N2O2.2C2H6.2CH2O/c1-20-13-2-4-14(5-3-13)22-10-8-21-9-11-23-15-6-7-16(18)17(19)12-15;4*1-2/h2-7,12,20-21H,8-11H2,1H3;2*1-2H3;2*1H2. The first-order chi connectivity index (χ1) is 15.2. The molecule has 0 spiro atoms. The van der Waals surface area contributed by atoms with Crippen LogP contribution in [0, 0.1) is 0 Å². The van der Waals surface area contributed by atoms with Gasteiger partial charge in [0.05, 0.1) is 10.0 Å².